The van der Waals surface area contributed by atoms with Gasteiger partial charge in [-0.3, -0.25) is 14.4 Å². The molecule has 0 aromatic carbocycles. The van der Waals surface area contributed by atoms with Crippen LogP contribution in [0.5, 0.6) is 0 Å². The highest BCUT2D eigenvalue weighted by Crippen LogP contribution is 2.27. The van der Waals surface area contributed by atoms with Crippen molar-refractivity contribution in [3.05, 3.63) is 60.8 Å². The number of allylic oxidation sites excluding steroid dienone is 10. The van der Waals surface area contributed by atoms with Crippen molar-refractivity contribution in [1.82, 2.24) is 0 Å². The zero-order chi connectivity index (χ0) is 61.7. The maximum atomic E-state index is 13.2. The number of rotatable bonds is 61. The fourth-order valence-corrected chi connectivity index (χ4v) is 10.7. The Kier molecular flexibility index (Phi) is 56.7. The van der Waals surface area contributed by atoms with Gasteiger partial charge in [-0.25, -0.2) is 4.79 Å². The predicted molar refractivity (Wildman–Crippen MR) is 349 cm³/mol. The lowest BCUT2D eigenvalue weighted by Gasteiger charge is -2.40. The van der Waals surface area contributed by atoms with Crippen molar-refractivity contribution in [2.75, 3.05) is 13.2 Å². The predicted octanol–water partition coefficient (Wildman–Crippen LogP) is 19.5. The van der Waals surface area contributed by atoms with Gasteiger partial charge in [0.15, 0.2) is 24.6 Å². The number of carbonyl (C=O) groups excluding carboxylic acids is 3. The molecule has 0 aromatic heterocycles. The van der Waals surface area contributed by atoms with Crippen LogP contribution in [0.3, 0.4) is 0 Å². The molecule has 6 atom stereocenters. The summed E-state index contributed by atoms with van der Waals surface area (Å²) in [5.41, 5.74) is 0. The molecule has 3 N–H and O–H groups in total. The summed E-state index contributed by atoms with van der Waals surface area (Å²) in [4.78, 5) is 51.5. The Balaban J connectivity index is 2.63. The first-order valence-corrected chi connectivity index (χ1v) is 35.3. The third-order valence-electron chi connectivity index (χ3n) is 16.1. The van der Waals surface area contributed by atoms with E-state index in [4.69, 9.17) is 23.7 Å². The van der Waals surface area contributed by atoms with Crippen LogP contribution in [0.15, 0.2) is 60.8 Å². The monoisotopic (exact) mass is 1200 g/mol. The molecular formula is C73H128O12. The lowest BCUT2D eigenvalue weighted by Crippen LogP contribution is -2.61. The normalized spacial score (nSPS) is 17.8. The largest absolute Gasteiger partial charge is 0.479 e. The second kappa shape index (κ2) is 60.7. The fraction of sp³-hybridized carbons (Fsp3) is 0.808. The fourth-order valence-electron chi connectivity index (χ4n) is 10.7. The van der Waals surface area contributed by atoms with Crippen molar-refractivity contribution >= 4 is 23.9 Å². The molecule has 0 bridgehead atoms. The molecule has 1 aliphatic rings. The molecule has 0 saturated carbocycles. The Bertz CT molecular complexity index is 1710. The molecule has 1 saturated heterocycles. The number of hydrogen-bond acceptors (Lipinski definition) is 11. The van der Waals surface area contributed by atoms with Gasteiger partial charge in [0.1, 0.15) is 18.8 Å². The van der Waals surface area contributed by atoms with Crippen LogP contribution in [-0.4, -0.2) is 89.2 Å². The van der Waals surface area contributed by atoms with E-state index in [-0.39, 0.29) is 25.9 Å². The van der Waals surface area contributed by atoms with Gasteiger partial charge in [-0.1, -0.05) is 287 Å². The Morgan fingerprint density at radius 1 is 0.400 bits per heavy atom. The minimum atomic E-state index is -1.91. The summed E-state index contributed by atoms with van der Waals surface area (Å²) < 4.78 is 28.6. The highest BCUT2D eigenvalue weighted by Gasteiger charge is 2.50. The first-order valence-electron chi connectivity index (χ1n) is 35.3. The van der Waals surface area contributed by atoms with Crippen molar-refractivity contribution in [2.24, 2.45) is 0 Å². The Morgan fingerprint density at radius 3 is 1.14 bits per heavy atom. The van der Waals surface area contributed by atoms with Crippen LogP contribution in [0.2, 0.25) is 0 Å². The number of carbonyl (C=O) groups is 4. The molecule has 0 radical (unpaired) electrons. The lowest BCUT2D eigenvalue weighted by molar-refractivity contribution is -0.301. The molecule has 1 fully saturated rings. The molecule has 1 rings (SSSR count). The van der Waals surface area contributed by atoms with E-state index in [0.29, 0.717) is 19.3 Å². The summed E-state index contributed by atoms with van der Waals surface area (Å²) in [6.07, 6.45) is 64.6. The zero-order valence-electron chi connectivity index (χ0n) is 54.6. The van der Waals surface area contributed by atoms with Crippen LogP contribution in [0, 0.1) is 0 Å². The lowest BCUT2D eigenvalue weighted by atomic mass is 9.98. The van der Waals surface area contributed by atoms with Crippen LogP contribution in [0.4, 0.5) is 0 Å². The molecule has 1 heterocycles. The molecule has 6 unspecified atom stereocenters. The van der Waals surface area contributed by atoms with Gasteiger partial charge in [-0.15, -0.1) is 0 Å². The average molecular weight is 1200 g/mol. The van der Waals surface area contributed by atoms with E-state index in [9.17, 15) is 34.5 Å². The average Bonchev–Trinajstić information content (AvgIpc) is 2.79. The quantitative estimate of drug-likeness (QED) is 0.0228. The zero-order valence-corrected chi connectivity index (χ0v) is 54.6. The summed E-state index contributed by atoms with van der Waals surface area (Å²) in [5, 5.41) is 31.7. The van der Waals surface area contributed by atoms with Gasteiger partial charge in [-0.05, 0) is 83.5 Å². The Labute approximate surface area is 519 Å². The third kappa shape index (κ3) is 50.0. The smallest absolute Gasteiger partial charge is 0.335 e. The van der Waals surface area contributed by atoms with E-state index in [1.807, 2.05) is 0 Å². The first kappa shape index (κ1) is 79.4. The molecule has 0 amide bonds. The second-order valence-electron chi connectivity index (χ2n) is 24.1. The molecule has 12 nitrogen and oxygen atoms in total. The summed E-state index contributed by atoms with van der Waals surface area (Å²) in [5.74, 6) is -3.11. The van der Waals surface area contributed by atoms with Crippen molar-refractivity contribution < 1.29 is 58.2 Å². The first-order chi connectivity index (χ1) is 41.6. The number of aliphatic hydroxyl groups is 2. The second-order valence-corrected chi connectivity index (χ2v) is 24.1. The molecule has 85 heavy (non-hydrogen) atoms. The van der Waals surface area contributed by atoms with E-state index in [2.05, 4.69) is 81.5 Å². The minimum absolute atomic E-state index is 0.0447. The summed E-state index contributed by atoms with van der Waals surface area (Å²) >= 11 is 0. The molecule has 12 heteroatoms. The number of aliphatic hydroxyl groups excluding tert-OH is 2. The van der Waals surface area contributed by atoms with Gasteiger partial charge >= 0.3 is 23.9 Å². The van der Waals surface area contributed by atoms with Crippen LogP contribution in [0.1, 0.15) is 329 Å². The minimum Gasteiger partial charge on any atom is -0.479 e. The Hall–Kier alpha value is -3.58. The van der Waals surface area contributed by atoms with Crippen molar-refractivity contribution in [3.8, 4) is 0 Å². The van der Waals surface area contributed by atoms with Crippen LogP contribution in [-0.2, 0) is 42.9 Å². The number of carboxylic acid groups (broad SMARTS) is 1. The standard InChI is InChI=1S/C73H128O12/c1-4-7-10-13-16-19-22-25-28-31-33-36-38-41-44-47-50-53-56-59-65(74)81-62-64(83-66(75)60-57-54-51-48-45-42-39-35-30-27-24-21-18-15-12-9-6-3)63-82-73-71(69(78)68(77)70(85-73)72(79)80)84-67(76)61-58-55-52-49-46-43-40-37-34-32-29-26-23-20-17-14-11-8-5-2/h8,11,17,20,26-27,29-30,34,37,64,68-71,73,77-78H,4-7,9-10,12-16,18-19,21-25,28,31-33,35-36,38-63H2,1-3H3,(H,79,80)/b11-8-,20-17-,29-26-,30-27-,37-34-. The van der Waals surface area contributed by atoms with Gasteiger partial charge in [0.05, 0.1) is 6.61 Å². The van der Waals surface area contributed by atoms with Gasteiger partial charge in [0.2, 0.25) is 0 Å². The highest BCUT2D eigenvalue weighted by molar-refractivity contribution is 5.74. The SMILES string of the molecule is CC/C=C\C/C=C\C/C=C\C/C=C\CCCCCCCCC(=O)OC1C(OCC(COC(=O)CCCCCCCCCCCCCCCCCCCCC)OC(=O)CCCCCCCCC/C=C\CCCCCCCC)OC(C(=O)O)C(O)C1O. The number of aliphatic carboxylic acids is 1. The van der Waals surface area contributed by atoms with Crippen molar-refractivity contribution in [3.63, 3.8) is 0 Å². The summed E-state index contributed by atoms with van der Waals surface area (Å²) in [6.45, 7) is 5.93. The van der Waals surface area contributed by atoms with E-state index in [1.165, 1.54) is 154 Å². The van der Waals surface area contributed by atoms with Gasteiger partial charge in [0.25, 0.3) is 0 Å². The number of ether oxygens (including phenoxy) is 5. The summed E-state index contributed by atoms with van der Waals surface area (Å²) in [6, 6.07) is 0. The van der Waals surface area contributed by atoms with E-state index in [1.54, 1.807) is 0 Å². The molecule has 492 valence electrons. The topological polar surface area (TPSA) is 175 Å². The van der Waals surface area contributed by atoms with E-state index >= 15 is 0 Å². The van der Waals surface area contributed by atoms with Crippen LogP contribution >= 0.6 is 0 Å². The number of unbranched alkanes of at least 4 members (excludes halogenated alkanes) is 37. The van der Waals surface area contributed by atoms with Gasteiger partial charge in [0, 0.05) is 19.3 Å². The maximum absolute atomic E-state index is 13.2. The Morgan fingerprint density at radius 2 is 0.741 bits per heavy atom. The van der Waals surface area contributed by atoms with Crippen LogP contribution in [0.25, 0.3) is 0 Å². The van der Waals surface area contributed by atoms with Gasteiger partial charge in [-0.2, -0.15) is 0 Å². The molecule has 0 spiro atoms. The van der Waals surface area contributed by atoms with E-state index in [0.717, 1.165) is 116 Å². The van der Waals surface area contributed by atoms with E-state index < -0.39 is 67.3 Å². The van der Waals surface area contributed by atoms with Gasteiger partial charge < -0.3 is 39.0 Å². The maximum Gasteiger partial charge on any atom is 0.335 e. The van der Waals surface area contributed by atoms with Crippen molar-refractivity contribution in [2.45, 2.75) is 366 Å². The molecule has 0 aromatic rings. The number of esters is 3. The van der Waals surface area contributed by atoms with Crippen molar-refractivity contribution in [1.29, 1.82) is 0 Å². The molecule has 0 aliphatic carbocycles. The van der Waals surface area contributed by atoms with Crippen LogP contribution < -0.4 is 0 Å². The summed E-state index contributed by atoms with van der Waals surface area (Å²) in [7, 11) is 0. The third-order valence-corrected chi connectivity index (χ3v) is 16.1. The number of hydrogen-bond donors (Lipinski definition) is 3. The highest BCUT2D eigenvalue weighted by atomic mass is 16.7. The molecule has 1 aliphatic heterocycles. The molecular weight excluding hydrogens is 1070 g/mol. The number of carboxylic acids is 1.